The van der Waals surface area contributed by atoms with Gasteiger partial charge in [0.15, 0.2) is 0 Å². The van der Waals surface area contributed by atoms with Crippen LogP contribution in [-0.4, -0.2) is 29.7 Å². The molecule has 0 spiro atoms. The van der Waals surface area contributed by atoms with Crippen LogP contribution >= 0.6 is 0 Å². The molecule has 3 heterocycles. The van der Waals surface area contributed by atoms with E-state index in [0.717, 1.165) is 5.52 Å². The fourth-order valence-corrected chi connectivity index (χ4v) is 1.69. The van der Waals surface area contributed by atoms with Crippen LogP contribution in [0.25, 0.3) is 5.52 Å². The van der Waals surface area contributed by atoms with E-state index >= 15 is 0 Å². The zero-order chi connectivity index (χ0) is 11.7. The first-order chi connectivity index (χ1) is 8.36. The number of aromatic nitrogens is 5. The molecule has 17 heavy (non-hydrogen) atoms. The van der Waals surface area contributed by atoms with Crippen molar-refractivity contribution in [2.24, 2.45) is 0 Å². The average molecular weight is 227 g/mol. The van der Waals surface area contributed by atoms with Crippen molar-refractivity contribution in [1.82, 2.24) is 24.6 Å². The Kier molecular flexibility index (Phi) is 2.27. The number of rotatable bonds is 2. The van der Waals surface area contributed by atoms with Gasteiger partial charge in [0.1, 0.15) is 12.4 Å². The molecule has 1 N–H and O–H groups in total. The summed E-state index contributed by atoms with van der Waals surface area (Å²) in [4.78, 5) is 11.8. The minimum Gasteiger partial charge on any atom is -0.383 e. The monoisotopic (exact) mass is 227 g/mol. The minimum absolute atomic E-state index is 0.631. The second kappa shape index (κ2) is 3.91. The van der Waals surface area contributed by atoms with Crippen molar-refractivity contribution in [1.29, 1.82) is 0 Å². The molecule has 6 nitrogen and oxygen atoms in total. The van der Waals surface area contributed by atoms with Crippen LogP contribution < -0.4 is 0 Å². The van der Waals surface area contributed by atoms with Gasteiger partial charge in [-0.1, -0.05) is 0 Å². The molecule has 6 heteroatoms. The Morgan fingerprint density at radius 1 is 1.06 bits per heavy atom. The standard InChI is InChI=1S/C11H9N5O/c17-11(8-3-13-7-14-4-8)9-5-15-16-2-1-12-6-10(9)16/h1-7,11,17H. The number of nitrogens with zero attached hydrogens (tertiary/aromatic N) is 5. The van der Waals surface area contributed by atoms with Gasteiger partial charge < -0.3 is 5.11 Å². The van der Waals surface area contributed by atoms with Gasteiger partial charge in [0.05, 0.1) is 17.9 Å². The maximum atomic E-state index is 10.2. The second-order valence-electron chi connectivity index (χ2n) is 3.58. The normalized spacial score (nSPS) is 12.8. The molecule has 0 saturated heterocycles. The van der Waals surface area contributed by atoms with Gasteiger partial charge in [-0.2, -0.15) is 5.10 Å². The van der Waals surface area contributed by atoms with Crippen LogP contribution in [0.1, 0.15) is 17.2 Å². The fourth-order valence-electron chi connectivity index (χ4n) is 1.69. The van der Waals surface area contributed by atoms with Crippen LogP contribution in [0.5, 0.6) is 0 Å². The highest BCUT2D eigenvalue weighted by Crippen LogP contribution is 2.23. The zero-order valence-electron chi connectivity index (χ0n) is 8.80. The van der Waals surface area contributed by atoms with Gasteiger partial charge in [-0.3, -0.25) is 4.98 Å². The van der Waals surface area contributed by atoms with E-state index in [-0.39, 0.29) is 0 Å². The Balaban J connectivity index is 2.10. The smallest absolute Gasteiger partial charge is 0.115 e. The summed E-state index contributed by atoms with van der Waals surface area (Å²) in [5.74, 6) is 0. The highest BCUT2D eigenvalue weighted by atomic mass is 16.3. The number of aliphatic hydroxyl groups is 1. The van der Waals surface area contributed by atoms with Crippen molar-refractivity contribution in [2.75, 3.05) is 0 Å². The molecule has 0 aromatic carbocycles. The zero-order valence-corrected chi connectivity index (χ0v) is 8.80. The summed E-state index contributed by atoms with van der Waals surface area (Å²) in [5, 5.41) is 14.4. The Hall–Kier alpha value is -2.34. The summed E-state index contributed by atoms with van der Waals surface area (Å²) in [6, 6.07) is 0. The van der Waals surface area contributed by atoms with Crippen molar-refractivity contribution >= 4 is 5.52 Å². The van der Waals surface area contributed by atoms with Gasteiger partial charge in [-0.05, 0) is 0 Å². The molecule has 0 aliphatic rings. The molecule has 0 aliphatic carbocycles. The van der Waals surface area contributed by atoms with Gasteiger partial charge >= 0.3 is 0 Å². The van der Waals surface area contributed by atoms with Crippen LogP contribution in [0.2, 0.25) is 0 Å². The SMILES string of the molecule is OC(c1cncnc1)c1cnn2ccncc12. The first kappa shape index (κ1) is 9.86. The Labute approximate surface area is 96.6 Å². The van der Waals surface area contributed by atoms with Crippen molar-refractivity contribution in [2.45, 2.75) is 6.10 Å². The first-order valence-electron chi connectivity index (χ1n) is 5.06. The lowest BCUT2D eigenvalue weighted by molar-refractivity contribution is 0.221. The molecule has 1 unspecified atom stereocenters. The van der Waals surface area contributed by atoms with E-state index in [9.17, 15) is 5.11 Å². The van der Waals surface area contributed by atoms with E-state index < -0.39 is 6.10 Å². The molecule has 1 atom stereocenters. The lowest BCUT2D eigenvalue weighted by Crippen LogP contribution is -2.00. The van der Waals surface area contributed by atoms with E-state index in [0.29, 0.717) is 11.1 Å². The highest BCUT2D eigenvalue weighted by molar-refractivity contribution is 5.54. The Morgan fingerprint density at radius 2 is 1.88 bits per heavy atom. The Bertz CT molecular complexity index is 636. The van der Waals surface area contributed by atoms with Gasteiger partial charge in [0, 0.05) is 35.9 Å². The topological polar surface area (TPSA) is 76.2 Å². The summed E-state index contributed by atoms with van der Waals surface area (Å²) >= 11 is 0. The molecule has 3 rings (SSSR count). The number of fused-ring (bicyclic) bond motifs is 1. The maximum absolute atomic E-state index is 10.2. The summed E-state index contributed by atoms with van der Waals surface area (Å²) in [7, 11) is 0. The number of hydrogen-bond donors (Lipinski definition) is 1. The Morgan fingerprint density at radius 3 is 2.71 bits per heavy atom. The van der Waals surface area contributed by atoms with Crippen molar-refractivity contribution in [3.63, 3.8) is 0 Å². The fraction of sp³-hybridized carbons (Fsp3) is 0.0909. The van der Waals surface area contributed by atoms with Gasteiger partial charge in [0.2, 0.25) is 0 Å². The van der Waals surface area contributed by atoms with E-state index in [1.165, 1.54) is 6.33 Å². The predicted octanol–water partition coefficient (Wildman–Crippen LogP) is 0.601. The van der Waals surface area contributed by atoms with Gasteiger partial charge in [-0.25, -0.2) is 14.5 Å². The molecule has 0 bridgehead atoms. The first-order valence-corrected chi connectivity index (χ1v) is 5.06. The third-order valence-electron chi connectivity index (χ3n) is 2.55. The highest BCUT2D eigenvalue weighted by Gasteiger charge is 2.15. The quantitative estimate of drug-likeness (QED) is 0.693. The third-order valence-corrected chi connectivity index (χ3v) is 2.55. The van der Waals surface area contributed by atoms with Crippen LogP contribution in [0.15, 0.2) is 43.5 Å². The molecule has 0 fully saturated rings. The lowest BCUT2D eigenvalue weighted by atomic mass is 10.1. The van der Waals surface area contributed by atoms with Gasteiger partial charge in [0.25, 0.3) is 0 Å². The predicted molar refractivity (Wildman–Crippen MR) is 59.1 cm³/mol. The minimum atomic E-state index is -0.794. The van der Waals surface area contributed by atoms with Crippen LogP contribution in [0.4, 0.5) is 0 Å². The largest absolute Gasteiger partial charge is 0.383 e. The molecule has 3 aromatic rings. The lowest BCUT2D eigenvalue weighted by Gasteiger charge is -2.07. The summed E-state index contributed by atoms with van der Waals surface area (Å²) in [5.41, 5.74) is 2.09. The second-order valence-corrected chi connectivity index (χ2v) is 3.58. The number of hydrogen-bond acceptors (Lipinski definition) is 5. The van der Waals surface area contributed by atoms with Crippen molar-refractivity contribution < 1.29 is 5.11 Å². The molecule has 84 valence electrons. The van der Waals surface area contributed by atoms with Crippen LogP contribution in [-0.2, 0) is 0 Å². The molecule has 3 aromatic heterocycles. The van der Waals surface area contributed by atoms with Crippen LogP contribution in [0, 0.1) is 0 Å². The third kappa shape index (κ3) is 1.64. The molecule has 0 saturated carbocycles. The average Bonchev–Trinajstić information content (AvgIpc) is 2.83. The van der Waals surface area contributed by atoms with E-state index in [4.69, 9.17) is 0 Å². The van der Waals surface area contributed by atoms with Crippen LogP contribution in [0.3, 0.4) is 0 Å². The summed E-state index contributed by atoms with van der Waals surface area (Å²) in [6.07, 6.45) is 10.4. The summed E-state index contributed by atoms with van der Waals surface area (Å²) < 4.78 is 1.66. The molecular formula is C11H9N5O. The van der Waals surface area contributed by atoms with E-state index in [1.54, 1.807) is 41.7 Å². The molecule has 0 amide bonds. The van der Waals surface area contributed by atoms with E-state index in [2.05, 4.69) is 20.1 Å². The van der Waals surface area contributed by atoms with Crippen molar-refractivity contribution in [3.8, 4) is 0 Å². The molecule has 0 radical (unpaired) electrons. The van der Waals surface area contributed by atoms with Crippen molar-refractivity contribution in [3.05, 3.63) is 54.6 Å². The molecule has 0 aliphatic heterocycles. The molecular weight excluding hydrogens is 218 g/mol. The van der Waals surface area contributed by atoms with Gasteiger partial charge in [-0.15, -0.1) is 0 Å². The number of aliphatic hydroxyl groups excluding tert-OH is 1. The maximum Gasteiger partial charge on any atom is 0.115 e. The van der Waals surface area contributed by atoms with E-state index in [1.807, 2.05) is 0 Å². The summed E-state index contributed by atoms with van der Waals surface area (Å²) in [6.45, 7) is 0.